The van der Waals surface area contributed by atoms with Crippen LogP contribution in [0.5, 0.6) is 0 Å². The van der Waals surface area contributed by atoms with Crippen LogP contribution in [0, 0.1) is 17.0 Å². The van der Waals surface area contributed by atoms with Gasteiger partial charge in [-0.05, 0) is 18.6 Å². The molecule has 1 aliphatic heterocycles. The summed E-state index contributed by atoms with van der Waals surface area (Å²) in [6, 6.07) is 4.58. The Morgan fingerprint density at radius 3 is 3.00 bits per heavy atom. The number of nitro groups is 1. The van der Waals surface area contributed by atoms with Gasteiger partial charge in [0, 0.05) is 12.6 Å². The van der Waals surface area contributed by atoms with Crippen LogP contribution in [0.15, 0.2) is 18.2 Å². The Labute approximate surface area is 115 Å². The van der Waals surface area contributed by atoms with Gasteiger partial charge in [0.2, 0.25) is 0 Å². The highest BCUT2D eigenvalue weighted by molar-refractivity contribution is 5.70. The summed E-state index contributed by atoms with van der Waals surface area (Å²) < 4.78 is 5.28. The van der Waals surface area contributed by atoms with Crippen molar-refractivity contribution < 1.29 is 19.6 Å². The van der Waals surface area contributed by atoms with E-state index in [1.54, 1.807) is 24.0 Å². The minimum atomic E-state index is -0.944. The lowest BCUT2D eigenvalue weighted by Gasteiger charge is -2.36. The van der Waals surface area contributed by atoms with E-state index in [4.69, 9.17) is 9.84 Å². The molecule has 0 spiro atoms. The maximum absolute atomic E-state index is 11.2. The molecule has 1 aromatic carbocycles. The fraction of sp³-hybridized carbons (Fsp3) is 0.462. The summed E-state index contributed by atoms with van der Waals surface area (Å²) in [5, 5.41) is 20.1. The van der Waals surface area contributed by atoms with E-state index in [1.807, 2.05) is 0 Å². The van der Waals surface area contributed by atoms with E-state index in [9.17, 15) is 14.9 Å². The zero-order chi connectivity index (χ0) is 14.7. The number of rotatable bonds is 4. The maximum Gasteiger partial charge on any atom is 0.305 e. The lowest BCUT2D eigenvalue weighted by molar-refractivity contribution is -0.384. The number of carboxylic acids is 1. The van der Waals surface area contributed by atoms with Gasteiger partial charge in [-0.1, -0.05) is 6.07 Å². The van der Waals surface area contributed by atoms with Crippen molar-refractivity contribution in [2.45, 2.75) is 19.4 Å². The molecule has 0 radical (unpaired) electrons. The molecule has 1 saturated heterocycles. The van der Waals surface area contributed by atoms with Crippen molar-refractivity contribution in [3.63, 3.8) is 0 Å². The van der Waals surface area contributed by atoms with Crippen molar-refractivity contribution in [3.05, 3.63) is 33.9 Å². The van der Waals surface area contributed by atoms with Crippen molar-refractivity contribution in [2.75, 3.05) is 24.7 Å². The third-order valence-corrected chi connectivity index (χ3v) is 3.27. The minimum absolute atomic E-state index is 0.00212. The summed E-state index contributed by atoms with van der Waals surface area (Å²) in [6.07, 6.45) is -0.106. The van der Waals surface area contributed by atoms with Gasteiger partial charge in [0.15, 0.2) is 0 Å². The normalized spacial score (nSPS) is 18.9. The Kier molecular flexibility index (Phi) is 4.19. The van der Waals surface area contributed by atoms with E-state index in [0.717, 1.165) is 5.56 Å². The first-order valence-corrected chi connectivity index (χ1v) is 6.30. The molecule has 1 aliphatic rings. The van der Waals surface area contributed by atoms with Gasteiger partial charge in [-0.3, -0.25) is 14.9 Å². The Morgan fingerprint density at radius 1 is 1.60 bits per heavy atom. The average molecular weight is 280 g/mol. The number of carboxylic acid groups (broad SMARTS) is 1. The summed E-state index contributed by atoms with van der Waals surface area (Å²) >= 11 is 0. The molecule has 0 aromatic heterocycles. The predicted octanol–water partition coefficient (Wildman–Crippen LogP) is 1.58. The first-order valence-electron chi connectivity index (χ1n) is 6.30. The minimum Gasteiger partial charge on any atom is -0.481 e. The van der Waals surface area contributed by atoms with Crippen LogP contribution in [0.1, 0.15) is 12.0 Å². The Bertz CT molecular complexity index is 531. The van der Waals surface area contributed by atoms with Crippen molar-refractivity contribution in [2.24, 2.45) is 0 Å². The molecule has 0 saturated carbocycles. The molecule has 2 rings (SSSR count). The van der Waals surface area contributed by atoms with Crippen molar-refractivity contribution in [3.8, 4) is 0 Å². The van der Waals surface area contributed by atoms with E-state index in [0.29, 0.717) is 18.8 Å². The van der Waals surface area contributed by atoms with Crippen molar-refractivity contribution in [1.82, 2.24) is 0 Å². The number of anilines is 1. The number of ether oxygens (including phenoxy) is 1. The molecule has 1 atom stereocenters. The third-order valence-electron chi connectivity index (χ3n) is 3.27. The highest BCUT2D eigenvalue weighted by atomic mass is 16.6. The number of hydrogen-bond donors (Lipinski definition) is 1. The highest BCUT2D eigenvalue weighted by Crippen LogP contribution is 2.32. The van der Waals surface area contributed by atoms with E-state index in [1.165, 1.54) is 6.07 Å². The van der Waals surface area contributed by atoms with Gasteiger partial charge in [0.05, 0.1) is 30.6 Å². The second-order valence-corrected chi connectivity index (χ2v) is 4.77. The van der Waals surface area contributed by atoms with Gasteiger partial charge in [-0.2, -0.15) is 0 Å². The van der Waals surface area contributed by atoms with Crippen LogP contribution in [0.2, 0.25) is 0 Å². The first-order chi connectivity index (χ1) is 9.49. The lowest BCUT2D eigenvalue weighted by atomic mass is 10.1. The molecule has 7 nitrogen and oxygen atoms in total. The Morgan fingerprint density at radius 2 is 2.35 bits per heavy atom. The fourth-order valence-electron chi connectivity index (χ4n) is 2.37. The number of nitrogens with zero attached hydrogens (tertiary/aromatic N) is 2. The van der Waals surface area contributed by atoms with Gasteiger partial charge < -0.3 is 14.7 Å². The number of morpholine rings is 1. The van der Waals surface area contributed by atoms with Gasteiger partial charge in [-0.25, -0.2) is 0 Å². The first kappa shape index (κ1) is 14.3. The van der Waals surface area contributed by atoms with E-state index < -0.39 is 10.9 Å². The SMILES string of the molecule is Cc1ccc(N2CCOCC2CC(=O)O)c([N+](=O)[O-])c1. The van der Waals surface area contributed by atoms with Crippen LogP contribution in [-0.2, 0) is 9.53 Å². The number of aryl methyl sites for hydroxylation is 1. The van der Waals surface area contributed by atoms with Gasteiger partial charge in [-0.15, -0.1) is 0 Å². The molecule has 1 aromatic rings. The predicted molar refractivity (Wildman–Crippen MR) is 72.0 cm³/mol. The zero-order valence-corrected chi connectivity index (χ0v) is 11.1. The number of carbonyl (C=O) groups is 1. The second-order valence-electron chi connectivity index (χ2n) is 4.77. The van der Waals surface area contributed by atoms with E-state index in [-0.39, 0.29) is 24.8 Å². The molecule has 108 valence electrons. The summed E-state index contributed by atoms with van der Waals surface area (Å²) in [6.45, 7) is 2.92. The highest BCUT2D eigenvalue weighted by Gasteiger charge is 2.30. The largest absolute Gasteiger partial charge is 0.481 e. The molecular formula is C13H16N2O5. The van der Waals surface area contributed by atoms with Crippen LogP contribution < -0.4 is 4.90 Å². The maximum atomic E-state index is 11.2. The molecule has 1 heterocycles. The number of hydrogen-bond acceptors (Lipinski definition) is 5. The molecule has 1 fully saturated rings. The molecule has 0 aliphatic carbocycles. The number of nitro benzene ring substituents is 1. The lowest BCUT2D eigenvalue weighted by Crippen LogP contribution is -2.46. The van der Waals surface area contributed by atoms with Gasteiger partial charge in [0.1, 0.15) is 5.69 Å². The van der Waals surface area contributed by atoms with Crippen LogP contribution in [0.25, 0.3) is 0 Å². The standard InChI is InChI=1S/C13H16N2O5/c1-9-2-3-11(12(6-9)15(18)19)14-4-5-20-8-10(14)7-13(16)17/h2-3,6,10H,4-5,7-8H2,1H3,(H,16,17). The summed E-state index contributed by atoms with van der Waals surface area (Å²) in [4.78, 5) is 23.4. The number of aliphatic carboxylic acids is 1. The monoisotopic (exact) mass is 280 g/mol. The van der Waals surface area contributed by atoms with E-state index >= 15 is 0 Å². The summed E-state index contributed by atoms with van der Waals surface area (Å²) in [7, 11) is 0. The van der Waals surface area contributed by atoms with Gasteiger partial charge in [0.25, 0.3) is 5.69 Å². The molecule has 1 unspecified atom stereocenters. The van der Waals surface area contributed by atoms with Crippen LogP contribution in [0.4, 0.5) is 11.4 Å². The number of benzene rings is 1. The van der Waals surface area contributed by atoms with Crippen LogP contribution in [0.3, 0.4) is 0 Å². The Balaban J connectivity index is 2.36. The molecular weight excluding hydrogens is 264 g/mol. The summed E-state index contributed by atoms with van der Waals surface area (Å²) in [5.74, 6) is -0.944. The average Bonchev–Trinajstić information content (AvgIpc) is 2.39. The molecule has 0 bridgehead atoms. The second kappa shape index (κ2) is 5.87. The van der Waals surface area contributed by atoms with E-state index in [2.05, 4.69) is 0 Å². The zero-order valence-electron chi connectivity index (χ0n) is 11.1. The topological polar surface area (TPSA) is 92.9 Å². The Hall–Kier alpha value is -2.15. The van der Waals surface area contributed by atoms with Crippen LogP contribution >= 0.6 is 0 Å². The smallest absolute Gasteiger partial charge is 0.305 e. The molecule has 7 heteroatoms. The van der Waals surface area contributed by atoms with Crippen molar-refractivity contribution >= 4 is 17.3 Å². The fourth-order valence-corrected chi connectivity index (χ4v) is 2.37. The van der Waals surface area contributed by atoms with Gasteiger partial charge >= 0.3 is 5.97 Å². The van der Waals surface area contributed by atoms with Crippen LogP contribution in [-0.4, -0.2) is 41.8 Å². The molecule has 1 N–H and O–H groups in total. The third kappa shape index (κ3) is 3.05. The quantitative estimate of drug-likeness (QED) is 0.665. The molecule has 20 heavy (non-hydrogen) atoms. The molecule has 0 amide bonds. The van der Waals surface area contributed by atoms with Crippen molar-refractivity contribution in [1.29, 1.82) is 0 Å². The summed E-state index contributed by atoms with van der Waals surface area (Å²) in [5.41, 5.74) is 1.25.